The van der Waals surface area contributed by atoms with Gasteiger partial charge in [-0.1, -0.05) is 48.5 Å². The second-order valence-corrected chi connectivity index (χ2v) is 13.2. The summed E-state index contributed by atoms with van der Waals surface area (Å²) >= 11 is 0. The maximum atomic E-state index is 13.1. The molecule has 0 saturated heterocycles. The fourth-order valence-electron chi connectivity index (χ4n) is 4.97. The summed E-state index contributed by atoms with van der Waals surface area (Å²) in [6.45, 7) is 14.0. The van der Waals surface area contributed by atoms with Crippen LogP contribution < -0.4 is 5.32 Å². The number of fused-ring (bicyclic) bond motifs is 3. The van der Waals surface area contributed by atoms with E-state index < -0.39 is 32.2 Å². The summed E-state index contributed by atoms with van der Waals surface area (Å²) in [6, 6.07) is 17.6. The van der Waals surface area contributed by atoms with Gasteiger partial charge in [-0.2, -0.15) is 5.26 Å². The van der Waals surface area contributed by atoms with Gasteiger partial charge >= 0.3 is 12.1 Å². The van der Waals surface area contributed by atoms with Gasteiger partial charge in [-0.05, 0) is 70.7 Å². The Morgan fingerprint density at radius 1 is 0.952 bits per heavy atom. The van der Waals surface area contributed by atoms with Crippen molar-refractivity contribution in [1.82, 2.24) is 9.99 Å². The molecule has 0 bridgehead atoms. The fourth-order valence-corrected chi connectivity index (χ4v) is 6.57. The van der Waals surface area contributed by atoms with Crippen LogP contribution in [0, 0.1) is 11.3 Å². The van der Waals surface area contributed by atoms with Crippen LogP contribution >= 0.6 is 8.53 Å². The van der Waals surface area contributed by atoms with Crippen molar-refractivity contribution in [3.05, 3.63) is 59.7 Å². The molecule has 228 valence electrons. The predicted octanol–water partition coefficient (Wildman–Crippen LogP) is 6.92. The normalized spacial score (nSPS) is 14.3. The molecular weight excluding hydrogens is 553 g/mol. The van der Waals surface area contributed by atoms with E-state index in [-0.39, 0.29) is 50.7 Å². The van der Waals surface area contributed by atoms with Crippen molar-refractivity contribution >= 4 is 20.6 Å². The van der Waals surface area contributed by atoms with Crippen LogP contribution in [0.5, 0.6) is 0 Å². The molecule has 0 fully saturated rings. The zero-order chi connectivity index (χ0) is 30.9. The number of hydrogen-bond acceptors (Lipinski definition) is 8. The van der Waals surface area contributed by atoms with Crippen LogP contribution in [0.4, 0.5) is 4.79 Å². The molecule has 0 aromatic heterocycles. The molecule has 1 unspecified atom stereocenters. The summed E-state index contributed by atoms with van der Waals surface area (Å²) < 4.78 is 25.5. The lowest BCUT2D eigenvalue weighted by Crippen LogP contribution is -2.45. The molecule has 9 nitrogen and oxygen atoms in total. The van der Waals surface area contributed by atoms with Gasteiger partial charge in [0.1, 0.15) is 18.2 Å². The van der Waals surface area contributed by atoms with Gasteiger partial charge < -0.3 is 23.8 Å². The lowest BCUT2D eigenvalue weighted by atomic mass is 9.98. The highest BCUT2D eigenvalue weighted by atomic mass is 31.2. The first-order valence-electron chi connectivity index (χ1n) is 14.5. The van der Waals surface area contributed by atoms with Gasteiger partial charge in [-0.25, -0.2) is 14.3 Å². The first-order chi connectivity index (χ1) is 19.9. The van der Waals surface area contributed by atoms with Crippen LogP contribution in [0.15, 0.2) is 48.5 Å². The summed E-state index contributed by atoms with van der Waals surface area (Å²) in [5, 5.41) is 11.7. The molecule has 2 aromatic carbocycles. The van der Waals surface area contributed by atoms with Gasteiger partial charge in [0.25, 0.3) is 8.53 Å². The van der Waals surface area contributed by atoms with E-state index in [0.717, 1.165) is 22.3 Å². The molecule has 0 aliphatic heterocycles. The molecule has 1 amide bonds. The Morgan fingerprint density at radius 3 is 2.02 bits per heavy atom. The van der Waals surface area contributed by atoms with Crippen molar-refractivity contribution in [1.29, 1.82) is 5.26 Å². The van der Waals surface area contributed by atoms with Crippen LogP contribution in [-0.2, 0) is 23.3 Å². The fraction of sp³-hybridized carbons (Fsp3) is 0.531. The minimum absolute atomic E-state index is 0.0985. The number of hydrogen-bond donors (Lipinski definition) is 1. The molecule has 0 radical (unpaired) electrons. The molecule has 2 atom stereocenters. The average Bonchev–Trinajstić information content (AvgIpc) is 3.23. The number of amides is 1. The molecule has 10 heteroatoms. The number of nitrogens with one attached hydrogen (secondary N) is 1. The third-order valence-electron chi connectivity index (χ3n) is 6.60. The number of rotatable bonds is 14. The Balaban J connectivity index is 1.67. The van der Waals surface area contributed by atoms with Gasteiger partial charge in [0.05, 0.1) is 25.7 Å². The third kappa shape index (κ3) is 9.24. The predicted molar refractivity (Wildman–Crippen MR) is 164 cm³/mol. The molecule has 1 aliphatic carbocycles. The van der Waals surface area contributed by atoms with Crippen LogP contribution in [0.2, 0.25) is 0 Å². The average molecular weight is 598 g/mol. The monoisotopic (exact) mass is 597 g/mol. The molecule has 0 spiro atoms. The first-order valence-corrected chi connectivity index (χ1v) is 15.6. The van der Waals surface area contributed by atoms with E-state index >= 15 is 0 Å². The Hall–Kier alpha value is -3.02. The number of carbonyl (C=O) groups excluding carboxylic acids is 2. The Morgan fingerprint density at radius 2 is 1.50 bits per heavy atom. The van der Waals surface area contributed by atoms with Gasteiger partial charge in [-0.3, -0.25) is 0 Å². The zero-order valence-corrected chi connectivity index (χ0v) is 26.6. The summed E-state index contributed by atoms with van der Waals surface area (Å²) in [5.74, 6) is -0.669. The second kappa shape index (κ2) is 15.5. The van der Waals surface area contributed by atoms with Crippen LogP contribution in [0.1, 0.15) is 78.4 Å². The highest BCUT2D eigenvalue weighted by Gasteiger charge is 2.32. The van der Waals surface area contributed by atoms with E-state index in [2.05, 4.69) is 68.0 Å². The Kier molecular flexibility index (Phi) is 12.3. The van der Waals surface area contributed by atoms with Crippen molar-refractivity contribution in [3.8, 4) is 17.2 Å². The maximum absolute atomic E-state index is 13.1. The van der Waals surface area contributed by atoms with Gasteiger partial charge in [0, 0.05) is 24.4 Å². The van der Waals surface area contributed by atoms with Crippen LogP contribution in [0.3, 0.4) is 0 Å². The number of ether oxygens (including phenoxy) is 2. The standard InChI is InChI=1S/C32H44N3O6P/c1-22(2)35(23(3)4)42(39-19-12-18-33)40-20-17-29(30(36)41-32(5,6)7)34-31(37)38-21-28-26-15-10-8-13-24(26)25-14-9-11-16-27(25)28/h8-11,13-16,22-23,28-29H,12,17,19-21H2,1-7H3,(H,34,37)/t29-,42?/m0/s1. The van der Waals surface area contributed by atoms with Crippen molar-refractivity contribution in [3.63, 3.8) is 0 Å². The van der Waals surface area contributed by atoms with Crippen molar-refractivity contribution < 1.29 is 28.1 Å². The minimum atomic E-state index is -1.49. The molecule has 0 heterocycles. The largest absolute Gasteiger partial charge is 0.458 e. The Labute approximate surface area is 251 Å². The molecule has 0 saturated carbocycles. The summed E-state index contributed by atoms with van der Waals surface area (Å²) in [7, 11) is -1.49. The maximum Gasteiger partial charge on any atom is 0.407 e. The molecule has 1 aliphatic rings. The summed E-state index contributed by atoms with van der Waals surface area (Å²) in [4.78, 5) is 26.1. The number of nitrogens with zero attached hydrogens (tertiary/aromatic N) is 2. The van der Waals surface area contributed by atoms with Gasteiger partial charge in [0.15, 0.2) is 0 Å². The molecule has 3 rings (SSSR count). The quantitative estimate of drug-likeness (QED) is 0.142. The third-order valence-corrected chi connectivity index (χ3v) is 8.71. The molecule has 42 heavy (non-hydrogen) atoms. The first kappa shape index (κ1) is 33.5. The van der Waals surface area contributed by atoms with E-state index in [1.807, 2.05) is 24.3 Å². The molecular formula is C32H44N3O6P. The summed E-state index contributed by atoms with van der Waals surface area (Å²) in [5.41, 5.74) is 3.74. The van der Waals surface area contributed by atoms with Crippen molar-refractivity contribution in [2.24, 2.45) is 0 Å². The van der Waals surface area contributed by atoms with Crippen LogP contribution in [0.25, 0.3) is 11.1 Å². The molecule has 1 N–H and O–H groups in total. The zero-order valence-electron chi connectivity index (χ0n) is 25.8. The van der Waals surface area contributed by atoms with E-state index in [9.17, 15) is 9.59 Å². The van der Waals surface area contributed by atoms with Crippen LogP contribution in [-0.4, -0.2) is 60.3 Å². The molecule has 2 aromatic rings. The van der Waals surface area contributed by atoms with E-state index in [1.54, 1.807) is 20.8 Å². The van der Waals surface area contributed by atoms with E-state index in [4.69, 9.17) is 23.8 Å². The highest BCUT2D eigenvalue weighted by Crippen LogP contribution is 2.46. The van der Waals surface area contributed by atoms with Gasteiger partial charge in [-0.15, -0.1) is 0 Å². The topological polar surface area (TPSA) is 110 Å². The Bertz CT molecular complexity index is 1190. The smallest absolute Gasteiger partial charge is 0.407 e. The SMILES string of the molecule is CC(C)N(C(C)C)P(OCCC#N)OCC[C@H](NC(=O)OCC1c2ccccc2-c2ccccc21)C(=O)OC(C)(C)C. The number of carbonyl (C=O) groups is 2. The number of alkyl carbamates (subject to hydrolysis) is 1. The van der Waals surface area contributed by atoms with E-state index in [1.165, 1.54) is 0 Å². The lowest BCUT2D eigenvalue weighted by molar-refractivity contribution is -0.157. The van der Waals surface area contributed by atoms with E-state index in [0.29, 0.717) is 0 Å². The van der Waals surface area contributed by atoms with Crippen molar-refractivity contribution in [2.75, 3.05) is 19.8 Å². The number of esters is 1. The second-order valence-electron chi connectivity index (χ2n) is 11.7. The van der Waals surface area contributed by atoms with Crippen molar-refractivity contribution in [2.45, 2.75) is 91.0 Å². The lowest BCUT2D eigenvalue weighted by Gasteiger charge is -2.35. The summed E-state index contributed by atoms with van der Waals surface area (Å²) in [6.07, 6.45) is -0.300. The minimum Gasteiger partial charge on any atom is -0.458 e. The highest BCUT2D eigenvalue weighted by molar-refractivity contribution is 7.44. The van der Waals surface area contributed by atoms with Gasteiger partial charge in [0.2, 0.25) is 0 Å². The number of nitriles is 1. The number of benzene rings is 2.